The number of carboxylic acids is 1. The molecule has 1 aromatic carbocycles. The third-order valence-corrected chi connectivity index (χ3v) is 5.03. The highest BCUT2D eigenvalue weighted by molar-refractivity contribution is 5.71. The summed E-state index contributed by atoms with van der Waals surface area (Å²) in [7, 11) is 0. The molecule has 0 saturated carbocycles. The van der Waals surface area contributed by atoms with Gasteiger partial charge in [-0.2, -0.15) is 18.4 Å². The van der Waals surface area contributed by atoms with Gasteiger partial charge >= 0.3 is 12.1 Å². The van der Waals surface area contributed by atoms with Gasteiger partial charge in [0.05, 0.1) is 23.4 Å². The summed E-state index contributed by atoms with van der Waals surface area (Å²) in [6, 6.07) is 7.09. The van der Waals surface area contributed by atoms with Crippen LogP contribution in [0.5, 0.6) is 11.5 Å². The molecule has 0 spiro atoms. The number of pyridine rings is 1. The van der Waals surface area contributed by atoms with Crippen LogP contribution in [0.4, 0.5) is 13.2 Å². The first-order valence-electron chi connectivity index (χ1n) is 9.82. The minimum absolute atomic E-state index is 0.0294. The summed E-state index contributed by atoms with van der Waals surface area (Å²) in [4.78, 5) is 17.0. The lowest BCUT2D eigenvalue weighted by Gasteiger charge is -2.36. The van der Waals surface area contributed by atoms with Crippen molar-refractivity contribution in [2.45, 2.75) is 33.2 Å². The zero-order valence-electron chi connectivity index (χ0n) is 17.6. The molecule has 3 rings (SSSR count). The van der Waals surface area contributed by atoms with E-state index in [0.29, 0.717) is 31.1 Å². The Hall–Kier alpha value is -3.32. The molecule has 1 saturated heterocycles. The molecule has 2 aromatic rings. The third-order valence-electron chi connectivity index (χ3n) is 5.03. The number of aromatic nitrogens is 1. The molecule has 0 radical (unpaired) electrons. The smallest absolute Gasteiger partial charge is 0.422 e. The number of benzene rings is 1. The average Bonchev–Trinajstić information content (AvgIpc) is 2.67. The summed E-state index contributed by atoms with van der Waals surface area (Å²) >= 11 is 0. The molecule has 0 atom stereocenters. The van der Waals surface area contributed by atoms with Crippen LogP contribution >= 0.6 is 0 Å². The molecule has 170 valence electrons. The minimum atomic E-state index is -4.51. The number of nitrogens with zero attached hydrogens (tertiary/aromatic N) is 3. The predicted molar refractivity (Wildman–Crippen MR) is 107 cm³/mol. The zero-order valence-corrected chi connectivity index (χ0v) is 17.6. The standard InChI is InChI=1S/C22H22F3N3O4/c1-13-3-15(8-28-9-17(10-28)21(29)30)4-14(2)20(13)31-11-18-5-16(6-26)19(7-27-18)32-12-22(23,24)25/h3-5,7,17H,8-12H2,1-2H3,(H,29,30). The second-order valence-corrected chi connectivity index (χ2v) is 7.76. The van der Waals surface area contributed by atoms with E-state index in [1.807, 2.05) is 32.0 Å². The van der Waals surface area contributed by atoms with Crippen LogP contribution in [-0.2, 0) is 17.9 Å². The Kier molecular flexibility index (Phi) is 6.89. The first-order chi connectivity index (χ1) is 15.1. The summed E-state index contributed by atoms with van der Waals surface area (Å²) in [6.07, 6.45) is -3.42. The van der Waals surface area contributed by atoms with Crippen molar-refractivity contribution >= 4 is 5.97 Å². The lowest BCUT2D eigenvalue weighted by Crippen LogP contribution is -2.49. The molecule has 1 aromatic heterocycles. The van der Waals surface area contributed by atoms with Crippen LogP contribution in [-0.4, -0.2) is 46.8 Å². The maximum Gasteiger partial charge on any atom is 0.422 e. The van der Waals surface area contributed by atoms with Crippen LogP contribution in [0.25, 0.3) is 0 Å². The molecule has 1 N–H and O–H groups in total. The van der Waals surface area contributed by atoms with Crippen molar-refractivity contribution in [1.82, 2.24) is 9.88 Å². The van der Waals surface area contributed by atoms with Crippen LogP contribution < -0.4 is 9.47 Å². The molecule has 10 heteroatoms. The molecular formula is C22H22F3N3O4. The fourth-order valence-corrected chi connectivity index (χ4v) is 3.55. The quantitative estimate of drug-likeness (QED) is 0.658. The highest BCUT2D eigenvalue weighted by Crippen LogP contribution is 2.28. The highest BCUT2D eigenvalue weighted by Gasteiger charge is 2.32. The second-order valence-electron chi connectivity index (χ2n) is 7.76. The van der Waals surface area contributed by atoms with Gasteiger partial charge < -0.3 is 14.6 Å². The number of likely N-dealkylation sites (tertiary alicyclic amines) is 1. The van der Waals surface area contributed by atoms with Gasteiger partial charge in [0.2, 0.25) is 0 Å². The van der Waals surface area contributed by atoms with Crippen molar-refractivity contribution in [2.75, 3.05) is 19.7 Å². The molecule has 0 unspecified atom stereocenters. The van der Waals surface area contributed by atoms with E-state index >= 15 is 0 Å². The molecule has 32 heavy (non-hydrogen) atoms. The van der Waals surface area contributed by atoms with E-state index in [-0.39, 0.29) is 23.8 Å². The Morgan fingerprint density at radius 1 is 1.25 bits per heavy atom. The average molecular weight is 449 g/mol. The zero-order chi connectivity index (χ0) is 23.5. The minimum Gasteiger partial charge on any atom is -0.487 e. The number of carboxylic acid groups (broad SMARTS) is 1. The summed E-state index contributed by atoms with van der Waals surface area (Å²) < 4.78 is 47.5. The molecule has 1 aliphatic heterocycles. The van der Waals surface area contributed by atoms with Gasteiger partial charge in [-0.05, 0) is 36.6 Å². The van der Waals surface area contributed by atoms with Crippen molar-refractivity contribution < 1.29 is 32.5 Å². The van der Waals surface area contributed by atoms with E-state index < -0.39 is 18.8 Å². The number of carbonyl (C=O) groups is 1. The lowest BCUT2D eigenvalue weighted by molar-refractivity contribution is -0.153. The Labute approximate surface area is 183 Å². The van der Waals surface area contributed by atoms with Gasteiger partial charge in [0.1, 0.15) is 18.4 Å². The van der Waals surface area contributed by atoms with Crippen molar-refractivity contribution in [3.8, 4) is 17.6 Å². The van der Waals surface area contributed by atoms with Crippen LogP contribution in [0.2, 0.25) is 0 Å². The van der Waals surface area contributed by atoms with E-state index in [4.69, 9.17) is 9.84 Å². The molecule has 0 bridgehead atoms. The fraction of sp³-hybridized carbons (Fsp3) is 0.409. The molecule has 7 nitrogen and oxygen atoms in total. The summed E-state index contributed by atoms with van der Waals surface area (Å²) in [6.45, 7) is 4.02. The summed E-state index contributed by atoms with van der Waals surface area (Å²) in [5, 5.41) is 18.2. The molecule has 0 aliphatic carbocycles. The van der Waals surface area contributed by atoms with Gasteiger partial charge in [0.15, 0.2) is 12.4 Å². The van der Waals surface area contributed by atoms with Crippen molar-refractivity contribution in [1.29, 1.82) is 5.26 Å². The van der Waals surface area contributed by atoms with Gasteiger partial charge in [-0.3, -0.25) is 14.7 Å². The highest BCUT2D eigenvalue weighted by atomic mass is 19.4. The number of hydrogen-bond donors (Lipinski definition) is 1. The fourth-order valence-electron chi connectivity index (χ4n) is 3.55. The number of alkyl halides is 3. The van der Waals surface area contributed by atoms with Crippen LogP contribution in [0.3, 0.4) is 0 Å². The second kappa shape index (κ2) is 9.44. The monoisotopic (exact) mass is 449 g/mol. The van der Waals surface area contributed by atoms with E-state index in [9.17, 15) is 23.2 Å². The molecule has 1 fully saturated rings. The Balaban J connectivity index is 1.63. The number of nitriles is 1. The van der Waals surface area contributed by atoms with E-state index in [1.165, 1.54) is 6.07 Å². The van der Waals surface area contributed by atoms with Gasteiger partial charge in [0.25, 0.3) is 0 Å². The first kappa shape index (κ1) is 23.3. The van der Waals surface area contributed by atoms with Crippen molar-refractivity contribution in [3.05, 3.63) is 52.3 Å². The number of ether oxygens (including phenoxy) is 2. The van der Waals surface area contributed by atoms with Gasteiger partial charge in [0, 0.05) is 19.6 Å². The van der Waals surface area contributed by atoms with E-state index in [1.54, 1.807) is 0 Å². The molecule has 1 aliphatic rings. The Bertz CT molecular complexity index is 1020. The third kappa shape index (κ3) is 5.88. The van der Waals surface area contributed by atoms with Crippen molar-refractivity contribution in [2.24, 2.45) is 5.92 Å². The number of aliphatic carboxylic acids is 1. The SMILES string of the molecule is Cc1cc(CN2CC(C(=O)O)C2)cc(C)c1OCc1cc(C#N)c(OCC(F)(F)F)cn1. The van der Waals surface area contributed by atoms with Crippen molar-refractivity contribution in [3.63, 3.8) is 0 Å². The number of aryl methyl sites for hydroxylation is 2. The number of halogens is 3. The Morgan fingerprint density at radius 2 is 1.91 bits per heavy atom. The van der Waals surface area contributed by atoms with Crippen LogP contribution in [0.1, 0.15) is 27.9 Å². The first-order valence-corrected chi connectivity index (χ1v) is 9.82. The molecular weight excluding hydrogens is 427 g/mol. The van der Waals surface area contributed by atoms with Gasteiger partial charge in [-0.1, -0.05) is 12.1 Å². The lowest BCUT2D eigenvalue weighted by atomic mass is 9.98. The molecule has 2 heterocycles. The largest absolute Gasteiger partial charge is 0.487 e. The topological polar surface area (TPSA) is 95.7 Å². The molecule has 0 amide bonds. The maximum atomic E-state index is 12.3. The number of hydrogen-bond acceptors (Lipinski definition) is 6. The van der Waals surface area contributed by atoms with Gasteiger partial charge in [-0.15, -0.1) is 0 Å². The summed E-state index contributed by atoms with van der Waals surface area (Å²) in [5.41, 5.74) is 3.15. The summed E-state index contributed by atoms with van der Waals surface area (Å²) in [5.74, 6) is -0.666. The van der Waals surface area contributed by atoms with E-state index in [2.05, 4.69) is 14.6 Å². The maximum absolute atomic E-state index is 12.3. The van der Waals surface area contributed by atoms with Gasteiger partial charge in [-0.25, -0.2) is 0 Å². The Morgan fingerprint density at radius 3 is 2.47 bits per heavy atom. The number of rotatable bonds is 8. The van der Waals surface area contributed by atoms with E-state index in [0.717, 1.165) is 22.9 Å². The van der Waals surface area contributed by atoms with Crippen LogP contribution in [0, 0.1) is 31.1 Å². The predicted octanol–water partition coefficient (Wildman–Crippen LogP) is 3.61. The normalized spacial score (nSPS) is 14.5. The van der Waals surface area contributed by atoms with Crippen LogP contribution in [0.15, 0.2) is 24.4 Å².